The molecule has 112 valence electrons. The zero-order valence-electron chi connectivity index (χ0n) is 11.4. The molecule has 0 saturated heterocycles. The number of hydrogen-bond donors (Lipinski definition) is 1. The number of aliphatic hydroxyl groups is 1. The molecule has 1 atom stereocenters. The minimum atomic E-state index is -1.55. The van der Waals surface area contributed by atoms with Gasteiger partial charge >= 0.3 is 0 Å². The van der Waals surface area contributed by atoms with Crippen molar-refractivity contribution in [3.63, 3.8) is 0 Å². The van der Waals surface area contributed by atoms with Crippen LogP contribution in [0.1, 0.15) is 11.1 Å². The van der Waals surface area contributed by atoms with E-state index in [4.69, 9.17) is 16.3 Å². The fraction of sp³-hybridized carbons (Fsp3) is 0.250. The van der Waals surface area contributed by atoms with E-state index in [0.717, 1.165) is 6.07 Å². The van der Waals surface area contributed by atoms with Crippen LogP contribution in [0.4, 0.5) is 8.78 Å². The summed E-state index contributed by atoms with van der Waals surface area (Å²) in [5.74, 6) is -0.918. The second kappa shape index (κ2) is 6.41. The SMILES string of the molecule is COc1cc(F)ccc1C(O)(CCl)Cc1ccccc1F. The Morgan fingerprint density at radius 1 is 1.19 bits per heavy atom. The molecule has 0 aliphatic rings. The van der Waals surface area contributed by atoms with Gasteiger partial charge in [-0.3, -0.25) is 0 Å². The molecule has 0 aromatic heterocycles. The topological polar surface area (TPSA) is 29.5 Å². The minimum absolute atomic E-state index is 0.0365. The summed E-state index contributed by atoms with van der Waals surface area (Å²) in [7, 11) is 1.37. The maximum absolute atomic E-state index is 13.8. The van der Waals surface area contributed by atoms with Crippen LogP contribution in [0.2, 0.25) is 0 Å². The molecule has 0 fully saturated rings. The standard InChI is InChI=1S/C16H15ClF2O2/c1-21-15-8-12(18)6-7-13(15)16(20,10-17)9-11-4-2-3-5-14(11)19/h2-8,20H,9-10H2,1H3. The summed E-state index contributed by atoms with van der Waals surface area (Å²) in [6.07, 6.45) is -0.0365. The van der Waals surface area contributed by atoms with E-state index in [2.05, 4.69) is 0 Å². The van der Waals surface area contributed by atoms with Gasteiger partial charge in [-0.1, -0.05) is 18.2 Å². The molecule has 2 rings (SSSR count). The van der Waals surface area contributed by atoms with Crippen LogP contribution in [0, 0.1) is 11.6 Å². The molecule has 0 radical (unpaired) electrons. The van der Waals surface area contributed by atoms with Crippen LogP contribution in [0.15, 0.2) is 42.5 Å². The zero-order chi connectivity index (χ0) is 15.5. The lowest BCUT2D eigenvalue weighted by Crippen LogP contribution is -2.31. The molecule has 0 aliphatic carbocycles. The zero-order valence-corrected chi connectivity index (χ0v) is 12.2. The van der Waals surface area contributed by atoms with Crippen LogP contribution < -0.4 is 4.74 Å². The number of ether oxygens (including phenoxy) is 1. The number of rotatable bonds is 5. The lowest BCUT2D eigenvalue weighted by Gasteiger charge is -2.28. The van der Waals surface area contributed by atoms with Gasteiger partial charge in [-0.05, 0) is 23.8 Å². The third kappa shape index (κ3) is 3.34. The summed E-state index contributed by atoms with van der Waals surface area (Å²) in [4.78, 5) is 0. The Hall–Kier alpha value is -1.65. The van der Waals surface area contributed by atoms with Crippen LogP contribution in [-0.4, -0.2) is 18.1 Å². The summed E-state index contributed by atoms with van der Waals surface area (Å²) in [6, 6.07) is 9.89. The first-order valence-corrected chi connectivity index (χ1v) is 6.89. The van der Waals surface area contributed by atoms with Crippen molar-refractivity contribution in [1.82, 2.24) is 0 Å². The molecule has 1 N–H and O–H groups in total. The van der Waals surface area contributed by atoms with Crippen molar-refractivity contribution in [1.29, 1.82) is 0 Å². The normalized spacial score (nSPS) is 13.8. The Labute approximate surface area is 126 Å². The molecule has 1 unspecified atom stereocenters. The Bertz CT molecular complexity index is 633. The maximum atomic E-state index is 13.8. The maximum Gasteiger partial charge on any atom is 0.127 e. The molecule has 0 bridgehead atoms. The summed E-state index contributed by atoms with van der Waals surface area (Å²) in [5, 5.41) is 10.8. The molecule has 21 heavy (non-hydrogen) atoms. The van der Waals surface area contributed by atoms with E-state index in [1.54, 1.807) is 18.2 Å². The van der Waals surface area contributed by atoms with Crippen molar-refractivity contribution in [2.24, 2.45) is 0 Å². The molecular formula is C16H15ClF2O2. The van der Waals surface area contributed by atoms with Gasteiger partial charge in [-0.15, -0.1) is 11.6 Å². The predicted octanol–water partition coefficient (Wildman–Crippen LogP) is 3.64. The Balaban J connectivity index is 2.44. The quantitative estimate of drug-likeness (QED) is 0.854. The number of halogens is 3. The number of hydrogen-bond acceptors (Lipinski definition) is 2. The highest BCUT2D eigenvalue weighted by Gasteiger charge is 2.33. The Morgan fingerprint density at radius 3 is 2.52 bits per heavy atom. The van der Waals surface area contributed by atoms with E-state index >= 15 is 0 Å². The smallest absolute Gasteiger partial charge is 0.127 e. The van der Waals surface area contributed by atoms with E-state index < -0.39 is 17.2 Å². The first kappa shape index (κ1) is 15.7. The van der Waals surface area contributed by atoms with E-state index in [0.29, 0.717) is 11.1 Å². The van der Waals surface area contributed by atoms with Crippen molar-refractivity contribution in [3.8, 4) is 5.75 Å². The van der Waals surface area contributed by atoms with Gasteiger partial charge in [0, 0.05) is 18.1 Å². The van der Waals surface area contributed by atoms with Crippen molar-refractivity contribution in [2.75, 3.05) is 13.0 Å². The van der Waals surface area contributed by atoms with E-state index in [1.807, 2.05) is 0 Å². The summed E-state index contributed by atoms with van der Waals surface area (Å²) >= 11 is 5.89. The van der Waals surface area contributed by atoms with Gasteiger partial charge in [-0.25, -0.2) is 8.78 Å². The van der Waals surface area contributed by atoms with Crippen LogP contribution in [0.5, 0.6) is 5.75 Å². The van der Waals surface area contributed by atoms with E-state index in [1.165, 1.54) is 25.3 Å². The third-order valence-corrected chi connectivity index (χ3v) is 3.77. The van der Waals surface area contributed by atoms with Gasteiger partial charge in [0.2, 0.25) is 0 Å². The molecule has 0 heterocycles. The molecule has 0 aliphatic heterocycles. The first-order chi connectivity index (χ1) is 10.00. The highest BCUT2D eigenvalue weighted by Crippen LogP contribution is 2.35. The minimum Gasteiger partial charge on any atom is -0.496 e. The highest BCUT2D eigenvalue weighted by molar-refractivity contribution is 6.18. The Kier molecular flexibility index (Phi) is 4.80. The average Bonchev–Trinajstić information content (AvgIpc) is 2.49. The number of alkyl halides is 1. The molecule has 2 aromatic rings. The molecule has 2 nitrogen and oxygen atoms in total. The van der Waals surface area contributed by atoms with Crippen molar-refractivity contribution < 1.29 is 18.6 Å². The molecule has 0 saturated carbocycles. The molecule has 5 heteroatoms. The van der Waals surface area contributed by atoms with Crippen LogP contribution in [0.3, 0.4) is 0 Å². The second-order valence-corrected chi connectivity index (χ2v) is 5.05. The van der Waals surface area contributed by atoms with Crippen molar-refractivity contribution >= 4 is 11.6 Å². The van der Waals surface area contributed by atoms with Gasteiger partial charge in [0.05, 0.1) is 13.0 Å². The van der Waals surface area contributed by atoms with Gasteiger partial charge in [0.1, 0.15) is 23.0 Å². The molecule has 0 amide bonds. The van der Waals surface area contributed by atoms with E-state index in [-0.39, 0.29) is 18.1 Å². The molecule has 2 aromatic carbocycles. The summed E-state index contributed by atoms with van der Waals surface area (Å²) in [6.45, 7) is 0. The first-order valence-electron chi connectivity index (χ1n) is 6.36. The second-order valence-electron chi connectivity index (χ2n) is 4.78. The van der Waals surface area contributed by atoms with Crippen molar-refractivity contribution in [3.05, 3.63) is 65.2 Å². The lowest BCUT2D eigenvalue weighted by molar-refractivity contribution is 0.0577. The van der Waals surface area contributed by atoms with Crippen LogP contribution in [-0.2, 0) is 12.0 Å². The van der Waals surface area contributed by atoms with Crippen LogP contribution in [0.25, 0.3) is 0 Å². The third-order valence-electron chi connectivity index (χ3n) is 3.33. The van der Waals surface area contributed by atoms with Gasteiger partial charge in [0.25, 0.3) is 0 Å². The summed E-state index contributed by atoms with van der Waals surface area (Å²) < 4.78 is 32.1. The highest BCUT2D eigenvalue weighted by atomic mass is 35.5. The number of benzene rings is 2. The van der Waals surface area contributed by atoms with Gasteiger partial charge < -0.3 is 9.84 Å². The molecular weight excluding hydrogens is 298 g/mol. The van der Waals surface area contributed by atoms with Crippen LogP contribution >= 0.6 is 11.6 Å². The fourth-order valence-electron chi connectivity index (χ4n) is 2.22. The monoisotopic (exact) mass is 312 g/mol. The Morgan fingerprint density at radius 2 is 1.90 bits per heavy atom. The lowest BCUT2D eigenvalue weighted by atomic mass is 9.88. The summed E-state index contributed by atoms with van der Waals surface area (Å²) in [5.41, 5.74) is -0.903. The van der Waals surface area contributed by atoms with Gasteiger partial charge in [-0.2, -0.15) is 0 Å². The number of methoxy groups -OCH3 is 1. The fourth-order valence-corrected chi connectivity index (χ4v) is 2.46. The average molecular weight is 313 g/mol. The predicted molar refractivity (Wildman–Crippen MR) is 77.7 cm³/mol. The van der Waals surface area contributed by atoms with Crippen molar-refractivity contribution in [2.45, 2.75) is 12.0 Å². The van der Waals surface area contributed by atoms with E-state index in [9.17, 15) is 13.9 Å². The van der Waals surface area contributed by atoms with Gasteiger partial charge in [0.15, 0.2) is 0 Å². The molecule has 0 spiro atoms. The largest absolute Gasteiger partial charge is 0.496 e.